The van der Waals surface area contributed by atoms with Gasteiger partial charge in [0.25, 0.3) is 0 Å². The second-order valence-corrected chi connectivity index (χ2v) is 6.98. The Labute approximate surface area is 152 Å². The van der Waals surface area contributed by atoms with Crippen LogP contribution in [0, 0.1) is 0 Å². The lowest BCUT2D eigenvalue weighted by atomic mass is 10.0. The maximum absolute atomic E-state index is 5.73. The van der Waals surface area contributed by atoms with Gasteiger partial charge in [-0.1, -0.05) is 29.5 Å². The summed E-state index contributed by atoms with van der Waals surface area (Å²) < 4.78 is 1.11. The first-order valence-corrected chi connectivity index (χ1v) is 8.90. The second kappa shape index (κ2) is 5.82. The molecule has 0 spiro atoms. The molecule has 0 saturated heterocycles. The molecule has 5 rings (SSSR count). The highest BCUT2D eigenvalue weighted by Crippen LogP contribution is 2.32. The van der Waals surface area contributed by atoms with Gasteiger partial charge in [0.15, 0.2) is 5.13 Å². The third kappa shape index (κ3) is 2.64. The molecule has 3 aromatic heterocycles. The summed E-state index contributed by atoms with van der Waals surface area (Å²) in [6.07, 6.45) is 1.84. The molecular weight excluding hydrogens is 344 g/mol. The van der Waals surface area contributed by atoms with E-state index in [1.807, 2.05) is 30.5 Å². The van der Waals surface area contributed by atoms with Crippen LogP contribution in [0.3, 0.4) is 0 Å². The molecular formula is C19H14N6S. The van der Waals surface area contributed by atoms with Crippen LogP contribution in [0.25, 0.3) is 32.2 Å². The third-order valence-electron chi connectivity index (χ3n) is 4.17. The van der Waals surface area contributed by atoms with Crippen molar-refractivity contribution in [2.75, 3.05) is 11.1 Å². The Morgan fingerprint density at radius 1 is 0.962 bits per heavy atom. The van der Waals surface area contributed by atoms with Gasteiger partial charge in [-0.2, -0.15) is 5.10 Å². The molecule has 7 heteroatoms. The molecule has 4 N–H and O–H groups in total. The van der Waals surface area contributed by atoms with E-state index in [-0.39, 0.29) is 0 Å². The highest BCUT2D eigenvalue weighted by Gasteiger charge is 2.08. The van der Waals surface area contributed by atoms with E-state index >= 15 is 0 Å². The zero-order valence-electron chi connectivity index (χ0n) is 13.6. The number of fused-ring (bicyclic) bond motifs is 2. The van der Waals surface area contributed by atoms with Crippen LogP contribution in [0.4, 0.5) is 16.8 Å². The second-order valence-electron chi connectivity index (χ2n) is 5.95. The average Bonchev–Trinajstić information content (AvgIpc) is 3.26. The summed E-state index contributed by atoms with van der Waals surface area (Å²) in [6, 6.07) is 18.1. The molecule has 0 aliphatic rings. The van der Waals surface area contributed by atoms with Gasteiger partial charge < -0.3 is 11.1 Å². The molecule has 0 bridgehead atoms. The van der Waals surface area contributed by atoms with Gasteiger partial charge in [-0.05, 0) is 47.5 Å². The van der Waals surface area contributed by atoms with Gasteiger partial charge in [0, 0.05) is 5.39 Å². The van der Waals surface area contributed by atoms with Crippen LogP contribution in [0.1, 0.15) is 0 Å². The van der Waals surface area contributed by atoms with Crippen molar-refractivity contribution in [1.82, 2.24) is 20.2 Å². The monoisotopic (exact) mass is 358 g/mol. The van der Waals surface area contributed by atoms with Crippen molar-refractivity contribution >= 4 is 49.2 Å². The highest BCUT2D eigenvalue weighted by atomic mass is 32.1. The number of H-pyrrole nitrogens is 1. The van der Waals surface area contributed by atoms with Crippen molar-refractivity contribution in [3.8, 4) is 11.1 Å². The normalized spacial score (nSPS) is 11.2. The van der Waals surface area contributed by atoms with Gasteiger partial charge in [0.1, 0.15) is 11.6 Å². The molecule has 0 aliphatic heterocycles. The summed E-state index contributed by atoms with van der Waals surface area (Å²) in [6.45, 7) is 0. The lowest BCUT2D eigenvalue weighted by molar-refractivity contribution is 1.12. The molecule has 5 aromatic rings. The molecule has 126 valence electrons. The number of nitrogen functional groups attached to an aromatic ring is 1. The maximum Gasteiger partial charge on any atom is 0.189 e. The van der Waals surface area contributed by atoms with Crippen LogP contribution < -0.4 is 11.1 Å². The van der Waals surface area contributed by atoms with Crippen LogP contribution in [0.15, 0.2) is 60.8 Å². The smallest absolute Gasteiger partial charge is 0.189 e. The molecule has 0 amide bonds. The van der Waals surface area contributed by atoms with E-state index in [1.165, 1.54) is 0 Å². The third-order valence-corrected chi connectivity index (χ3v) is 5.10. The van der Waals surface area contributed by atoms with Gasteiger partial charge in [-0.15, -0.1) is 0 Å². The molecule has 0 unspecified atom stereocenters. The molecule has 0 radical (unpaired) electrons. The van der Waals surface area contributed by atoms with E-state index in [0.29, 0.717) is 11.6 Å². The average molecular weight is 358 g/mol. The van der Waals surface area contributed by atoms with Gasteiger partial charge in [0.05, 0.1) is 21.9 Å². The molecule has 0 saturated carbocycles. The molecule has 0 fully saturated rings. The van der Waals surface area contributed by atoms with E-state index in [2.05, 4.69) is 49.7 Å². The van der Waals surface area contributed by atoms with Crippen molar-refractivity contribution in [3.05, 3.63) is 60.8 Å². The zero-order valence-corrected chi connectivity index (χ0v) is 14.4. The number of hydrogen-bond acceptors (Lipinski definition) is 6. The number of pyridine rings is 1. The molecule has 6 nitrogen and oxygen atoms in total. The van der Waals surface area contributed by atoms with Crippen molar-refractivity contribution in [3.63, 3.8) is 0 Å². The fraction of sp³-hybridized carbons (Fsp3) is 0. The van der Waals surface area contributed by atoms with Crippen molar-refractivity contribution in [2.24, 2.45) is 0 Å². The van der Waals surface area contributed by atoms with Crippen LogP contribution in [-0.2, 0) is 0 Å². The summed E-state index contributed by atoms with van der Waals surface area (Å²) >= 11 is 1.59. The van der Waals surface area contributed by atoms with Crippen LogP contribution in [-0.4, -0.2) is 20.2 Å². The fourth-order valence-electron chi connectivity index (χ4n) is 2.91. The first kappa shape index (κ1) is 14.9. The van der Waals surface area contributed by atoms with E-state index in [4.69, 9.17) is 5.73 Å². The standard InChI is InChI=1S/C19H14N6S/c20-17-2-1-3-18(23-17)24-19-22-15-7-5-12(9-16(15)26-19)11-4-6-14-13(8-11)10-21-25-14/h1-10H,(H,21,25)(H3,20,22,23,24). The number of nitrogens with one attached hydrogen (secondary N) is 2. The largest absolute Gasteiger partial charge is 0.384 e. The number of anilines is 3. The summed E-state index contributed by atoms with van der Waals surface area (Å²) in [5.41, 5.74) is 10.0. The van der Waals surface area contributed by atoms with E-state index < -0.39 is 0 Å². The minimum atomic E-state index is 0.480. The quantitative estimate of drug-likeness (QED) is 0.440. The topological polar surface area (TPSA) is 92.5 Å². The first-order chi connectivity index (χ1) is 12.7. The minimum Gasteiger partial charge on any atom is -0.384 e. The van der Waals surface area contributed by atoms with Gasteiger partial charge in [-0.25, -0.2) is 9.97 Å². The van der Waals surface area contributed by atoms with Gasteiger partial charge >= 0.3 is 0 Å². The minimum absolute atomic E-state index is 0.480. The van der Waals surface area contributed by atoms with Gasteiger partial charge in [-0.3, -0.25) is 5.10 Å². The maximum atomic E-state index is 5.73. The number of benzene rings is 2. The predicted octanol–water partition coefficient (Wildman–Crippen LogP) is 4.56. The number of hydrogen-bond donors (Lipinski definition) is 3. The summed E-state index contributed by atoms with van der Waals surface area (Å²) in [5, 5.41) is 12.2. The van der Waals surface area contributed by atoms with E-state index in [1.54, 1.807) is 17.4 Å². The van der Waals surface area contributed by atoms with Crippen LogP contribution in [0.2, 0.25) is 0 Å². The molecule has 3 heterocycles. The SMILES string of the molecule is Nc1cccc(Nc2nc3ccc(-c4ccc5[nH]ncc5c4)cc3s2)n1. The van der Waals surface area contributed by atoms with Crippen molar-refractivity contribution in [1.29, 1.82) is 0 Å². The lowest BCUT2D eigenvalue weighted by Crippen LogP contribution is -1.95. The summed E-state index contributed by atoms with van der Waals surface area (Å²) in [7, 11) is 0. The Morgan fingerprint density at radius 2 is 1.85 bits per heavy atom. The zero-order chi connectivity index (χ0) is 17.5. The van der Waals surface area contributed by atoms with Gasteiger partial charge in [0.2, 0.25) is 0 Å². The first-order valence-electron chi connectivity index (χ1n) is 8.08. The number of nitrogens with zero attached hydrogens (tertiary/aromatic N) is 3. The Kier molecular flexibility index (Phi) is 3.32. The number of thiazole rings is 1. The number of aromatic amines is 1. The Balaban J connectivity index is 1.51. The number of rotatable bonds is 3. The number of aromatic nitrogens is 4. The Hall–Kier alpha value is -3.45. The highest BCUT2D eigenvalue weighted by molar-refractivity contribution is 7.22. The number of nitrogens with two attached hydrogens (primary N) is 1. The van der Waals surface area contributed by atoms with Crippen molar-refractivity contribution in [2.45, 2.75) is 0 Å². The lowest BCUT2D eigenvalue weighted by Gasteiger charge is -2.01. The Morgan fingerprint density at radius 3 is 2.77 bits per heavy atom. The fourth-order valence-corrected chi connectivity index (χ4v) is 3.82. The molecule has 0 aliphatic carbocycles. The molecule has 0 atom stereocenters. The van der Waals surface area contributed by atoms with Crippen molar-refractivity contribution < 1.29 is 0 Å². The van der Waals surface area contributed by atoms with E-state index in [9.17, 15) is 0 Å². The summed E-state index contributed by atoms with van der Waals surface area (Å²) in [5.74, 6) is 1.17. The van der Waals surface area contributed by atoms with E-state index in [0.717, 1.165) is 37.4 Å². The van der Waals surface area contributed by atoms with Crippen LogP contribution in [0.5, 0.6) is 0 Å². The summed E-state index contributed by atoms with van der Waals surface area (Å²) in [4.78, 5) is 8.88. The Bertz CT molecular complexity index is 1240. The molecule has 2 aromatic carbocycles. The van der Waals surface area contributed by atoms with Crippen LogP contribution >= 0.6 is 11.3 Å². The molecule has 26 heavy (non-hydrogen) atoms. The predicted molar refractivity (Wildman–Crippen MR) is 107 cm³/mol.